The molecule has 1 unspecified atom stereocenters. The number of amides is 2. The molecule has 0 fully saturated rings. The molecule has 0 radical (unpaired) electrons. The van der Waals surface area contributed by atoms with E-state index in [9.17, 15) is 9.59 Å². The number of carbonyl (C=O) groups is 2. The molecule has 0 saturated carbocycles. The fraction of sp³-hybridized carbons (Fsp3) is 0.120. The summed E-state index contributed by atoms with van der Waals surface area (Å²) in [5.41, 5.74) is 9.61. The molecule has 3 N–H and O–H groups in total. The van der Waals surface area contributed by atoms with Gasteiger partial charge in [0.2, 0.25) is 5.91 Å². The SMILES string of the molecule is O=C(CC1N=C(Cc2ccccc2)NNC1=O)NN=Cc1cccc(Oc2ccccc2)c1. The van der Waals surface area contributed by atoms with Gasteiger partial charge in [-0.25, -0.2) is 5.43 Å². The zero-order chi connectivity index (χ0) is 22.9. The molecule has 33 heavy (non-hydrogen) atoms. The molecule has 8 nitrogen and oxygen atoms in total. The van der Waals surface area contributed by atoms with Crippen LogP contribution in [0.1, 0.15) is 17.5 Å². The van der Waals surface area contributed by atoms with Gasteiger partial charge in [-0.3, -0.25) is 25.4 Å². The number of carbonyl (C=O) groups excluding carboxylic acids is 2. The van der Waals surface area contributed by atoms with Crippen molar-refractivity contribution in [1.29, 1.82) is 0 Å². The summed E-state index contributed by atoms with van der Waals surface area (Å²) in [6.45, 7) is 0. The average molecular weight is 441 g/mol. The summed E-state index contributed by atoms with van der Waals surface area (Å²) in [6, 6.07) is 25.7. The number of aliphatic imine (C=N–C) groups is 1. The predicted octanol–water partition coefficient (Wildman–Crippen LogP) is 2.96. The van der Waals surface area contributed by atoms with Gasteiger partial charge in [-0.15, -0.1) is 0 Å². The number of hydrazone groups is 1. The van der Waals surface area contributed by atoms with Crippen LogP contribution in [-0.4, -0.2) is 29.9 Å². The monoisotopic (exact) mass is 441 g/mol. The van der Waals surface area contributed by atoms with Crippen LogP contribution in [0.25, 0.3) is 0 Å². The molecule has 0 bridgehead atoms. The molecule has 1 aliphatic rings. The van der Waals surface area contributed by atoms with Gasteiger partial charge in [-0.2, -0.15) is 5.10 Å². The summed E-state index contributed by atoms with van der Waals surface area (Å²) in [6.07, 6.45) is 1.93. The Kier molecular flexibility index (Phi) is 7.07. The van der Waals surface area contributed by atoms with E-state index in [1.54, 1.807) is 0 Å². The van der Waals surface area contributed by atoms with Crippen molar-refractivity contribution in [2.45, 2.75) is 18.9 Å². The van der Waals surface area contributed by atoms with E-state index in [0.29, 0.717) is 18.0 Å². The molecule has 3 aromatic rings. The van der Waals surface area contributed by atoms with Crippen LogP contribution in [-0.2, 0) is 16.0 Å². The minimum atomic E-state index is -0.817. The fourth-order valence-electron chi connectivity index (χ4n) is 3.20. The van der Waals surface area contributed by atoms with Crippen LogP contribution in [0.5, 0.6) is 11.5 Å². The minimum Gasteiger partial charge on any atom is -0.457 e. The quantitative estimate of drug-likeness (QED) is 0.369. The maximum atomic E-state index is 12.3. The first kappa shape index (κ1) is 21.8. The van der Waals surface area contributed by atoms with Crippen LogP contribution in [0.15, 0.2) is 95.0 Å². The Morgan fingerprint density at radius 1 is 0.970 bits per heavy atom. The summed E-state index contributed by atoms with van der Waals surface area (Å²) in [7, 11) is 0. The summed E-state index contributed by atoms with van der Waals surface area (Å²) in [5, 5.41) is 3.99. The third-order valence-electron chi connectivity index (χ3n) is 4.78. The molecule has 0 saturated heterocycles. The van der Waals surface area contributed by atoms with E-state index in [1.165, 1.54) is 6.21 Å². The van der Waals surface area contributed by atoms with E-state index in [4.69, 9.17) is 4.74 Å². The summed E-state index contributed by atoms with van der Waals surface area (Å²) in [4.78, 5) is 28.8. The Hall–Kier alpha value is -4.46. The lowest BCUT2D eigenvalue weighted by molar-refractivity contribution is -0.128. The second-order valence-electron chi connectivity index (χ2n) is 7.35. The van der Waals surface area contributed by atoms with E-state index in [-0.39, 0.29) is 12.3 Å². The number of benzene rings is 3. The molecule has 8 heteroatoms. The Morgan fingerprint density at radius 2 is 1.70 bits per heavy atom. The van der Waals surface area contributed by atoms with Crippen LogP contribution in [0.3, 0.4) is 0 Å². The van der Waals surface area contributed by atoms with Crippen molar-refractivity contribution in [2.24, 2.45) is 10.1 Å². The molecule has 1 aliphatic heterocycles. The largest absolute Gasteiger partial charge is 0.457 e. The van der Waals surface area contributed by atoms with E-state index >= 15 is 0 Å². The van der Waals surface area contributed by atoms with Crippen molar-refractivity contribution in [3.05, 3.63) is 96.1 Å². The van der Waals surface area contributed by atoms with Crippen molar-refractivity contribution in [2.75, 3.05) is 0 Å². The maximum absolute atomic E-state index is 12.3. The number of hydrazine groups is 1. The van der Waals surface area contributed by atoms with Gasteiger partial charge >= 0.3 is 0 Å². The molecule has 0 spiro atoms. The van der Waals surface area contributed by atoms with Gasteiger partial charge in [0, 0.05) is 6.42 Å². The lowest BCUT2D eigenvalue weighted by Crippen LogP contribution is -2.52. The number of ether oxygens (including phenoxy) is 1. The fourth-order valence-corrected chi connectivity index (χ4v) is 3.20. The van der Waals surface area contributed by atoms with E-state index in [2.05, 4.69) is 26.4 Å². The van der Waals surface area contributed by atoms with Crippen LogP contribution < -0.4 is 21.0 Å². The van der Waals surface area contributed by atoms with Crippen LogP contribution in [0, 0.1) is 0 Å². The Labute approximate surface area is 191 Å². The summed E-state index contributed by atoms with van der Waals surface area (Å²) < 4.78 is 5.80. The molecule has 0 aromatic heterocycles. The van der Waals surface area contributed by atoms with Crippen LogP contribution in [0.2, 0.25) is 0 Å². The van der Waals surface area contributed by atoms with Gasteiger partial charge in [0.1, 0.15) is 23.4 Å². The first-order valence-electron chi connectivity index (χ1n) is 10.5. The lowest BCUT2D eigenvalue weighted by atomic mass is 10.1. The number of hydrogen-bond donors (Lipinski definition) is 3. The molecular weight excluding hydrogens is 418 g/mol. The van der Waals surface area contributed by atoms with Crippen molar-refractivity contribution >= 4 is 23.9 Å². The van der Waals surface area contributed by atoms with Crippen LogP contribution in [0.4, 0.5) is 0 Å². The highest BCUT2D eigenvalue weighted by molar-refractivity contribution is 5.96. The molecule has 1 heterocycles. The summed E-state index contributed by atoms with van der Waals surface area (Å²) in [5.74, 6) is 1.21. The Bertz CT molecular complexity index is 1160. The maximum Gasteiger partial charge on any atom is 0.263 e. The topological polar surface area (TPSA) is 104 Å². The highest BCUT2D eigenvalue weighted by Gasteiger charge is 2.25. The number of amidine groups is 1. The smallest absolute Gasteiger partial charge is 0.263 e. The van der Waals surface area contributed by atoms with Crippen molar-refractivity contribution in [1.82, 2.24) is 16.3 Å². The van der Waals surface area contributed by atoms with Crippen molar-refractivity contribution in [3.63, 3.8) is 0 Å². The van der Waals surface area contributed by atoms with E-state index in [0.717, 1.165) is 16.9 Å². The Balaban J connectivity index is 1.31. The number of nitrogens with one attached hydrogen (secondary N) is 3. The van der Waals surface area contributed by atoms with Gasteiger partial charge in [0.25, 0.3) is 5.91 Å². The first-order valence-corrected chi connectivity index (χ1v) is 10.5. The second kappa shape index (κ2) is 10.7. The standard InChI is InChI=1S/C25H23N5O3/c31-24(16-22-25(32)30-28-23(27-22)15-18-8-3-1-4-9-18)29-26-17-19-10-7-13-21(14-19)33-20-11-5-2-6-12-20/h1-14,17,22H,15-16H2,(H,27,28)(H,29,31)(H,30,32). The third kappa shape index (κ3) is 6.51. The number of hydrogen-bond acceptors (Lipinski definition) is 6. The molecule has 3 aromatic carbocycles. The van der Waals surface area contributed by atoms with Crippen molar-refractivity contribution < 1.29 is 14.3 Å². The first-order chi connectivity index (χ1) is 16.2. The predicted molar refractivity (Wildman–Crippen MR) is 126 cm³/mol. The molecule has 4 rings (SSSR count). The normalized spacial score (nSPS) is 15.3. The van der Waals surface area contributed by atoms with Gasteiger partial charge in [0.15, 0.2) is 0 Å². The summed E-state index contributed by atoms with van der Waals surface area (Å²) >= 11 is 0. The highest BCUT2D eigenvalue weighted by atomic mass is 16.5. The van der Waals surface area contributed by atoms with Crippen molar-refractivity contribution in [3.8, 4) is 11.5 Å². The zero-order valence-corrected chi connectivity index (χ0v) is 17.8. The number of para-hydroxylation sites is 1. The average Bonchev–Trinajstić information content (AvgIpc) is 2.83. The Morgan fingerprint density at radius 3 is 2.48 bits per heavy atom. The second-order valence-corrected chi connectivity index (χ2v) is 7.35. The lowest BCUT2D eigenvalue weighted by Gasteiger charge is -2.21. The molecular formula is C25H23N5O3. The number of rotatable bonds is 8. The highest BCUT2D eigenvalue weighted by Crippen LogP contribution is 2.21. The van der Waals surface area contributed by atoms with Gasteiger partial charge < -0.3 is 4.74 Å². The van der Waals surface area contributed by atoms with Crippen LogP contribution >= 0.6 is 0 Å². The van der Waals surface area contributed by atoms with E-state index in [1.807, 2.05) is 84.9 Å². The number of nitrogens with zero attached hydrogens (tertiary/aromatic N) is 2. The van der Waals surface area contributed by atoms with Gasteiger partial charge in [0.05, 0.1) is 12.6 Å². The van der Waals surface area contributed by atoms with E-state index < -0.39 is 11.9 Å². The van der Waals surface area contributed by atoms with Gasteiger partial charge in [-0.1, -0.05) is 60.7 Å². The molecule has 1 atom stereocenters. The molecule has 2 amide bonds. The zero-order valence-electron chi connectivity index (χ0n) is 17.8. The molecule has 0 aliphatic carbocycles. The van der Waals surface area contributed by atoms with Gasteiger partial charge in [-0.05, 0) is 35.4 Å². The molecule has 166 valence electrons. The minimum absolute atomic E-state index is 0.111. The third-order valence-corrected chi connectivity index (χ3v) is 4.78.